The van der Waals surface area contributed by atoms with Crippen molar-refractivity contribution in [2.45, 2.75) is 25.0 Å². The molecule has 8 heteroatoms. The first-order valence-electron chi connectivity index (χ1n) is 8.04. The van der Waals surface area contributed by atoms with E-state index < -0.39 is 16.3 Å². The van der Waals surface area contributed by atoms with Gasteiger partial charge in [0.05, 0.1) is 30.4 Å². The van der Waals surface area contributed by atoms with E-state index >= 15 is 0 Å². The Kier molecular flexibility index (Phi) is 3.72. The Labute approximate surface area is 140 Å². The average molecular weight is 348 g/mol. The van der Waals surface area contributed by atoms with Crippen LogP contribution in [0.25, 0.3) is 11.3 Å². The maximum atomic E-state index is 11.6. The molecule has 2 aliphatic heterocycles. The van der Waals surface area contributed by atoms with E-state index in [1.807, 2.05) is 18.3 Å². The summed E-state index contributed by atoms with van der Waals surface area (Å²) < 4.78 is 26.6. The number of aliphatic hydroxyl groups excluding tert-OH is 1. The Balaban J connectivity index is 1.71. The number of hydrogen-bond donors (Lipinski definition) is 2. The van der Waals surface area contributed by atoms with Crippen LogP contribution in [0.15, 0.2) is 36.8 Å². The van der Waals surface area contributed by atoms with Crippen molar-refractivity contribution < 1.29 is 13.5 Å². The Bertz CT molecular complexity index is 864. The van der Waals surface area contributed by atoms with Crippen molar-refractivity contribution in [1.29, 1.82) is 0 Å². The molecule has 0 unspecified atom stereocenters. The van der Waals surface area contributed by atoms with E-state index in [-0.39, 0.29) is 18.5 Å². The lowest BCUT2D eigenvalue weighted by atomic mass is 9.85. The summed E-state index contributed by atoms with van der Waals surface area (Å²) in [6.45, 7) is 0.574. The molecule has 0 saturated carbocycles. The number of imidazole rings is 1. The first kappa shape index (κ1) is 15.8. The second kappa shape index (κ2) is 5.66. The minimum atomic E-state index is -3.73. The van der Waals surface area contributed by atoms with Gasteiger partial charge in [-0.1, -0.05) is 24.3 Å². The SMILES string of the molecule is NS(=O)(=O)N1CC[C@H]([C@@H]2c3ccccc3-c3cncn32)[C@@H](O)CC1. The summed E-state index contributed by atoms with van der Waals surface area (Å²) in [5.41, 5.74) is 3.32. The number of rotatable bonds is 2. The van der Waals surface area contributed by atoms with E-state index in [9.17, 15) is 13.5 Å². The molecule has 128 valence electrons. The van der Waals surface area contributed by atoms with Crippen LogP contribution in [0.5, 0.6) is 0 Å². The van der Waals surface area contributed by atoms with E-state index in [0.29, 0.717) is 19.4 Å². The molecule has 1 fully saturated rings. The minimum absolute atomic E-state index is 0.0332. The third-order valence-corrected chi connectivity index (χ3v) is 6.25. The van der Waals surface area contributed by atoms with Crippen LogP contribution in [0.2, 0.25) is 0 Å². The fourth-order valence-corrected chi connectivity index (χ4v) is 4.74. The lowest BCUT2D eigenvalue weighted by Gasteiger charge is -2.28. The molecule has 0 spiro atoms. The lowest BCUT2D eigenvalue weighted by molar-refractivity contribution is 0.0836. The second-order valence-corrected chi connectivity index (χ2v) is 8.02. The normalized spacial score (nSPS) is 27.5. The van der Waals surface area contributed by atoms with Crippen molar-refractivity contribution in [2.75, 3.05) is 13.1 Å². The molecular weight excluding hydrogens is 328 g/mol. The summed E-state index contributed by atoms with van der Waals surface area (Å²) in [4.78, 5) is 4.25. The second-order valence-electron chi connectivity index (χ2n) is 6.47. The zero-order valence-corrected chi connectivity index (χ0v) is 13.9. The van der Waals surface area contributed by atoms with Gasteiger partial charge in [0.25, 0.3) is 10.2 Å². The van der Waals surface area contributed by atoms with Crippen molar-refractivity contribution >= 4 is 10.2 Å². The predicted octanol–water partition coefficient (Wildman–Crippen LogP) is 0.729. The first-order chi connectivity index (χ1) is 11.5. The molecule has 3 heterocycles. The molecule has 1 aromatic heterocycles. The summed E-state index contributed by atoms with van der Waals surface area (Å²) in [6.07, 6.45) is 3.95. The fraction of sp³-hybridized carbons (Fsp3) is 0.438. The molecule has 1 saturated heterocycles. The van der Waals surface area contributed by atoms with Gasteiger partial charge in [0, 0.05) is 24.6 Å². The molecule has 0 amide bonds. The standard InChI is InChI=1S/C16H20N4O3S/c17-24(22,23)19-7-5-13(15(21)6-8-19)16-12-4-2-1-3-11(12)14-9-18-10-20(14)16/h1-4,9-10,13,15-16,21H,5-8H2,(H2,17,22,23)/t13-,15-,16-/m0/s1. The van der Waals surface area contributed by atoms with Gasteiger partial charge in [-0.15, -0.1) is 0 Å². The topological polar surface area (TPSA) is 101 Å². The third kappa shape index (κ3) is 2.46. The minimum Gasteiger partial charge on any atom is -0.393 e. The molecule has 2 aromatic rings. The maximum Gasteiger partial charge on any atom is 0.276 e. The average Bonchev–Trinajstić information content (AvgIpc) is 3.05. The van der Waals surface area contributed by atoms with Crippen LogP contribution < -0.4 is 5.14 Å². The molecule has 2 aliphatic rings. The zero-order chi connectivity index (χ0) is 16.9. The highest BCUT2D eigenvalue weighted by Gasteiger charge is 2.39. The van der Waals surface area contributed by atoms with Crippen molar-refractivity contribution in [3.63, 3.8) is 0 Å². The van der Waals surface area contributed by atoms with Gasteiger partial charge in [0.1, 0.15) is 0 Å². The van der Waals surface area contributed by atoms with Crippen LogP contribution in [0.1, 0.15) is 24.4 Å². The molecule has 3 N–H and O–H groups in total. The summed E-state index contributed by atoms with van der Waals surface area (Å²) in [7, 11) is -3.73. The van der Waals surface area contributed by atoms with Crippen LogP contribution in [0.4, 0.5) is 0 Å². The van der Waals surface area contributed by atoms with Gasteiger partial charge in [-0.05, 0) is 18.4 Å². The molecule has 0 aliphatic carbocycles. The number of aliphatic hydroxyl groups is 1. The van der Waals surface area contributed by atoms with Crippen LogP contribution in [0, 0.1) is 5.92 Å². The van der Waals surface area contributed by atoms with E-state index in [4.69, 9.17) is 5.14 Å². The number of nitrogens with zero attached hydrogens (tertiary/aromatic N) is 3. The molecule has 4 rings (SSSR count). The summed E-state index contributed by atoms with van der Waals surface area (Å²) in [6, 6.07) is 8.08. The summed E-state index contributed by atoms with van der Waals surface area (Å²) in [5, 5.41) is 15.9. The number of benzene rings is 1. The first-order valence-corrected chi connectivity index (χ1v) is 9.54. The largest absolute Gasteiger partial charge is 0.393 e. The van der Waals surface area contributed by atoms with Gasteiger partial charge < -0.3 is 9.67 Å². The number of fused-ring (bicyclic) bond motifs is 3. The molecule has 0 radical (unpaired) electrons. The van der Waals surface area contributed by atoms with Gasteiger partial charge in [-0.25, -0.2) is 10.1 Å². The number of aromatic nitrogens is 2. The van der Waals surface area contributed by atoms with E-state index in [1.165, 1.54) is 4.31 Å². The number of hydrogen-bond acceptors (Lipinski definition) is 4. The zero-order valence-electron chi connectivity index (χ0n) is 13.1. The summed E-state index contributed by atoms with van der Waals surface area (Å²) >= 11 is 0. The van der Waals surface area contributed by atoms with E-state index in [0.717, 1.165) is 16.8 Å². The molecule has 0 bridgehead atoms. The quantitative estimate of drug-likeness (QED) is 0.835. The molecule has 7 nitrogen and oxygen atoms in total. The monoisotopic (exact) mass is 348 g/mol. The highest BCUT2D eigenvalue weighted by atomic mass is 32.2. The van der Waals surface area contributed by atoms with Gasteiger partial charge in [-0.2, -0.15) is 12.7 Å². The Morgan fingerprint density at radius 3 is 2.75 bits per heavy atom. The Morgan fingerprint density at radius 2 is 1.96 bits per heavy atom. The maximum absolute atomic E-state index is 11.6. The molecule has 24 heavy (non-hydrogen) atoms. The van der Waals surface area contributed by atoms with Gasteiger partial charge >= 0.3 is 0 Å². The highest BCUT2D eigenvalue weighted by molar-refractivity contribution is 7.86. The third-order valence-electron chi connectivity index (χ3n) is 5.17. The van der Waals surface area contributed by atoms with Crippen LogP contribution in [0.3, 0.4) is 0 Å². The fourth-order valence-electron chi connectivity index (χ4n) is 4.02. The van der Waals surface area contributed by atoms with Crippen molar-refractivity contribution in [2.24, 2.45) is 11.1 Å². The van der Waals surface area contributed by atoms with Crippen molar-refractivity contribution in [3.8, 4) is 11.3 Å². The van der Waals surface area contributed by atoms with E-state index in [2.05, 4.69) is 21.7 Å². The van der Waals surface area contributed by atoms with E-state index in [1.54, 1.807) is 6.33 Å². The van der Waals surface area contributed by atoms with Gasteiger partial charge in [-0.3, -0.25) is 0 Å². The Morgan fingerprint density at radius 1 is 1.21 bits per heavy atom. The van der Waals surface area contributed by atoms with Gasteiger partial charge in [0.2, 0.25) is 0 Å². The van der Waals surface area contributed by atoms with Crippen molar-refractivity contribution in [3.05, 3.63) is 42.4 Å². The van der Waals surface area contributed by atoms with Gasteiger partial charge in [0.15, 0.2) is 0 Å². The lowest BCUT2D eigenvalue weighted by Crippen LogP contribution is -2.37. The molecule has 3 atom stereocenters. The molecular formula is C16H20N4O3S. The molecule has 1 aromatic carbocycles. The van der Waals surface area contributed by atoms with Crippen molar-refractivity contribution in [1.82, 2.24) is 13.9 Å². The van der Waals surface area contributed by atoms with Crippen LogP contribution in [-0.4, -0.2) is 46.6 Å². The summed E-state index contributed by atoms with van der Waals surface area (Å²) in [5.74, 6) is -0.0895. The Hall–Kier alpha value is -1.74. The predicted molar refractivity (Wildman–Crippen MR) is 89.2 cm³/mol. The van der Waals surface area contributed by atoms with Crippen LogP contribution >= 0.6 is 0 Å². The van der Waals surface area contributed by atoms with Crippen LogP contribution in [-0.2, 0) is 10.2 Å². The number of nitrogens with two attached hydrogens (primary N) is 1. The smallest absolute Gasteiger partial charge is 0.276 e. The highest BCUT2D eigenvalue weighted by Crippen LogP contribution is 2.45.